The van der Waals surface area contributed by atoms with Crippen LogP contribution < -0.4 is 0 Å². The lowest BCUT2D eigenvalue weighted by atomic mass is 9.97. The van der Waals surface area contributed by atoms with Crippen LogP contribution in [0.5, 0.6) is 0 Å². The van der Waals surface area contributed by atoms with Crippen molar-refractivity contribution in [3.63, 3.8) is 0 Å². The van der Waals surface area contributed by atoms with E-state index in [1.807, 2.05) is 0 Å². The van der Waals surface area contributed by atoms with Crippen molar-refractivity contribution in [2.24, 2.45) is 11.8 Å². The summed E-state index contributed by atoms with van der Waals surface area (Å²) in [4.78, 5) is 13.4. The Hall–Kier alpha value is -1.35. The van der Waals surface area contributed by atoms with Gasteiger partial charge in [-0.3, -0.25) is 4.79 Å². The van der Waals surface area contributed by atoms with Gasteiger partial charge in [0.1, 0.15) is 0 Å². The third-order valence-electron chi connectivity index (χ3n) is 4.24. The van der Waals surface area contributed by atoms with Crippen LogP contribution >= 0.6 is 0 Å². The van der Waals surface area contributed by atoms with Gasteiger partial charge in [0, 0.05) is 13.1 Å². The summed E-state index contributed by atoms with van der Waals surface area (Å²) in [7, 11) is 0. The summed E-state index contributed by atoms with van der Waals surface area (Å²) in [6.45, 7) is 7.19. The number of hydrogen-bond donors (Lipinski definition) is 1. The Labute approximate surface area is 128 Å². The first-order valence-corrected chi connectivity index (χ1v) is 8.07. The Bertz CT molecular complexity index is 453. The van der Waals surface area contributed by atoms with Crippen LogP contribution in [-0.4, -0.2) is 35.6 Å². The van der Waals surface area contributed by atoms with E-state index in [-0.39, 0.29) is 5.92 Å². The number of likely N-dealkylation sites (tertiary alicyclic amines) is 1. The minimum Gasteiger partial charge on any atom is -0.481 e. The van der Waals surface area contributed by atoms with Crippen LogP contribution in [0, 0.1) is 11.8 Å². The molecule has 1 N–H and O–H groups in total. The van der Waals surface area contributed by atoms with Crippen LogP contribution in [0.1, 0.15) is 37.8 Å². The number of carbonyl (C=O) groups is 1. The van der Waals surface area contributed by atoms with Gasteiger partial charge >= 0.3 is 5.97 Å². The van der Waals surface area contributed by atoms with E-state index < -0.39 is 5.97 Å². The minimum atomic E-state index is -0.641. The van der Waals surface area contributed by atoms with Crippen molar-refractivity contribution in [2.75, 3.05) is 19.6 Å². The lowest BCUT2D eigenvalue weighted by Gasteiger charge is -2.30. The summed E-state index contributed by atoms with van der Waals surface area (Å²) >= 11 is 0. The molecule has 3 nitrogen and oxygen atoms in total. The summed E-state index contributed by atoms with van der Waals surface area (Å²) in [5, 5.41) is 9.12. The van der Waals surface area contributed by atoms with Crippen LogP contribution in [0.4, 0.5) is 0 Å². The Morgan fingerprint density at radius 2 is 1.95 bits per heavy atom. The number of carboxylic acids is 1. The maximum absolute atomic E-state index is 11.1. The average molecular weight is 289 g/mol. The van der Waals surface area contributed by atoms with Gasteiger partial charge in [-0.05, 0) is 49.3 Å². The fourth-order valence-corrected chi connectivity index (χ4v) is 3.06. The number of piperidine rings is 1. The molecule has 0 spiro atoms. The zero-order valence-corrected chi connectivity index (χ0v) is 13.2. The molecule has 116 valence electrons. The smallest absolute Gasteiger partial charge is 0.307 e. The molecule has 1 heterocycles. The summed E-state index contributed by atoms with van der Waals surface area (Å²) in [6.07, 6.45) is 3.97. The maximum atomic E-state index is 11.1. The molecular formula is C18H27NO2. The van der Waals surface area contributed by atoms with Crippen LogP contribution in [0.3, 0.4) is 0 Å². The number of hydrogen-bond acceptors (Lipinski definition) is 2. The van der Waals surface area contributed by atoms with E-state index in [0.29, 0.717) is 12.5 Å². The molecule has 1 saturated heterocycles. The van der Waals surface area contributed by atoms with Crippen molar-refractivity contribution in [3.05, 3.63) is 35.4 Å². The number of benzene rings is 1. The molecule has 0 saturated carbocycles. The van der Waals surface area contributed by atoms with E-state index in [0.717, 1.165) is 38.8 Å². The van der Waals surface area contributed by atoms with Crippen LogP contribution in [0.15, 0.2) is 24.3 Å². The van der Waals surface area contributed by atoms with Crippen molar-refractivity contribution in [1.82, 2.24) is 4.90 Å². The number of nitrogens with zero attached hydrogens (tertiary/aromatic N) is 1. The highest BCUT2D eigenvalue weighted by molar-refractivity contribution is 5.70. The molecule has 3 heteroatoms. The number of rotatable bonds is 6. The second-order valence-electron chi connectivity index (χ2n) is 6.64. The normalized spacial score (nSPS) is 19.9. The Morgan fingerprint density at radius 3 is 2.57 bits per heavy atom. The molecule has 1 aromatic carbocycles. The minimum absolute atomic E-state index is 0.174. The van der Waals surface area contributed by atoms with Gasteiger partial charge in [0.15, 0.2) is 0 Å². The van der Waals surface area contributed by atoms with E-state index in [9.17, 15) is 4.79 Å². The first-order chi connectivity index (χ1) is 10.0. The van der Waals surface area contributed by atoms with E-state index in [2.05, 4.69) is 43.0 Å². The molecule has 2 rings (SSSR count). The third kappa shape index (κ3) is 5.16. The van der Waals surface area contributed by atoms with Crippen LogP contribution in [0.2, 0.25) is 0 Å². The molecule has 1 aliphatic rings. The van der Waals surface area contributed by atoms with Gasteiger partial charge in [0.25, 0.3) is 0 Å². The molecule has 0 bridgehead atoms. The van der Waals surface area contributed by atoms with Crippen LogP contribution in [-0.2, 0) is 17.6 Å². The van der Waals surface area contributed by atoms with Crippen molar-refractivity contribution in [3.8, 4) is 0 Å². The zero-order valence-electron chi connectivity index (χ0n) is 13.2. The summed E-state index contributed by atoms with van der Waals surface area (Å²) in [5.74, 6) is -0.123. The quantitative estimate of drug-likeness (QED) is 0.874. The number of aliphatic carboxylic acids is 1. The largest absolute Gasteiger partial charge is 0.481 e. The van der Waals surface area contributed by atoms with Gasteiger partial charge in [-0.25, -0.2) is 0 Å². The number of carboxylic acid groups (broad SMARTS) is 1. The van der Waals surface area contributed by atoms with E-state index in [1.165, 1.54) is 11.1 Å². The molecule has 0 amide bonds. The standard InChI is InChI=1S/C18H27NO2/c1-14(2)12-16-7-5-15(6-8-16)9-11-19-10-3-4-17(13-19)18(20)21/h5-8,14,17H,3-4,9-13H2,1-2H3,(H,20,21). The topological polar surface area (TPSA) is 40.5 Å². The van der Waals surface area contributed by atoms with Crippen molar-refractivity contribution in [2.45, 2.75) is 39.5 Å². The molecular weight excluding hydrogens is 262 g/mol. The molecule has 0 radical (unpaired) electrons. The molecule has 0 aromatic heterocycles. The molecule has 1 fully saturated rings. The zero-order chi connectivity index (χ0) is 15.2. The predicted molar refractivity (Wildman–Crippen MR) is 85.5 cm³/mol. The molecule has 1 unspecified atom stereocenters. The molecule has 1 aliphatic heterocycles. The van der Waals surface area contributed by atoms with Gasteiger partial charge in [-0.15, -0.1) is 0 Å². The lowest BCUT2D eigenvalue weighted by Crippen LogP contribution is -2.39. The molecule has 1 aromatic rings. The summed E-state index contributed by atoms with van der Waals surface area (Å²) < 4.78 is 0. The molecule has 1 atom stereocenters. The van der Waals surface area contributed by atoms with E-state index >= 15 is 0 Å². The van der Waals surface area contributed by atoms with Gasteiger partial charge < -0.3 is 10.0 Å². The Morgan fingerprint density at radius 1 is 1.29 bits per heavy atom. The summed E-state index contributed by atoms with van der Waals surface area (Å²) in [5.41, 5.74) is 2.75. The Kier molecular flexibility index (Phi) is 5.80. The predicted octanol–water partition coefficient (Wildman–Crippen LogP) is 3.22. The highest BCUT2D eigenvalue weighted by Crippen LogP contribution is 2.17. The van der Waals surface area contributed by atoms with Gasteiger partial charge in [0.05, 0.1) is 5.92 Å². The SMILES string of the molecule is CC(C)Cc1ccc(CCN2CCCC(C(=O)O)C2)cc1. The molecule has 21 heavy (non-hydrogen) atoms. The first-order valence-electron chi connectivity index (χ1n) is 8.07. The van der Waals surface area contributed by atoms with E-state index in [1.54, 1.807) is 0 Å². The maximum Gasteiger partial charge on any atom is 0.307 e. The monoisotopic (exact) mass is 289 g/mol. The van der Waals surface area contributed by atoms with Gasteiger partial charge in [0.2, 0.25) is 0 Å². The lowest BCUT2D eigenvalue weighted by molar-refractivity contribution is -0.143. The second-order valence-corrected chi connectivity index (χ2v) is 6.64. The third-order valence-corrected chi connectivity index (χ3v) is 4.24. The van der Waals surface area contributed by atoms with Crippen LogP contribution in [0.25, 0.3) is 0 Å². The Balaban J connectivity index is 1.81. The van der Waals surface area contributed by atoms with Crippen molar-refractivity contribution in [1.29, 1.82) is 0 Å². The second kappa shape index (κ2) is 7.60. The van der Waals surface area contributed by atoms with E-state index in [4.69, 9.17) is 5.11 Å². The molecule has 0 aliphatic carbocycles. The van der Waals surface area contributed by atoms with Gasteiger partial charge in [-0.2, -0.15) is 0 Å². The first kappa shape index (κ1) is 16.0. The average Bonchev–Trinajstić information content (AvgIpc) is 2.46. The fourth-order valence-electron chi connectivity index (χ4n) is 3.06. The summed E-state index contributed by atoms with van der Waals surface area (Å²) in [6, 6.07) is 8.89. The highest BCUT2D eigenvalue weighted by Gasteiger charge is 2.24. The van der Waals surface area contributed by atoms with Gasteiger partial charge in [-0.1, -0.05) is 38.1 Å². The van der Waals surface area contributed by atoms with Crippen molar-refractivity contribution < 1.29 is 9.90 Å². The fraction of sp³-hybridized carbons (Fsp3) is 0.611. The highest BCUT2D eigenvalue weighted by atomic mass is 16.4. The van der Waals surface area contributed by atoms with Crippen molar-refractivity contribution >= 4 is 5.97 Å².